The van der Waals surface area contributed by atoms with Gasteiger partial charge in [-0.15, -0.1) is 0 Å². The molecule has 0 bridgehead atoms. The fourth-order valence-corrected chi connectivity index (χ4v) is 4.25. The maximum Gasteiger partial charge on any atom is 0.239 e. The third kappa shape index (κ3) is 5.81. The molecule has 0 spiro atoms. The third-order valence-corrected chi connectivity index (χ3v) is 6.16. The topological polar surface area (TPSA) is 69.6 Å². The summed E-state index contributed by atoms with van der Waals surface area (Å²) in [5, 5.41) is 3.41. The molecule has 8 nitrogen and oxygen atoms in total. The lowest BCUT2D eigenvalue weighted by molar-refractivity contribution is -0.135. The number of carbonyl (C=O) groups is 1. The number of aliphatic imine (C=N–C) groups is 1. The summed E-state index contributed by atoms with van der Waals surface area (Å²) in [6.45, 7) is 10.7. The van der Waals surface area contributed by atoms with Crippen molar-refractivity contribution in [2.24, 2.45) is 4.99 Å². The predicted molar refractivity (Wildman–Crippen MR) is 123 cm³/mol. The van der Waals surface area contributed by atoms with Gasteiger partial charge in [0.2, 0.25) is 5.91 Å². The Morgan fingerprint density at radius 2 is 1.77 bits per heavy atom. The van der Waals surface area contributed by atoms with E-state index >= 15 is 0 Å². The Morgan fingerprint density at radius 1 is 1.06 bits per heavy atom. The third-order valence-electron chi connectivity index (χ3n) is 6.16. The molecule has 1 amide bonds. The van der Waals surface area contributed by atoms with Crippen molar-refractivity contribution in [3.05, 3.63) is 23.8 Å². The van der Waals surface area contributed by atoms with Crippen LogP contribution in [-0.4, -0.2) is 92.6 Å². The summed E-state index contributed by atoms with van der Waals surface area (Å²) in [5.74, 6) is 2.72. The standard InChI is InChI=1S/C23H37N5O3/c1-5-24-23(25-17-19-8-9-20(30-3)16-21(19)31-4)28-14-12-26(13-15-28)18(2)22(29)27-10-6-7-11-27/h8-9,16,18H,5-7,10-15,17H2,1-4H3,(H,24,25). The van der Waals surface area contributed by atoms with E-state index in [1.165, 1.54) is 0 Å². The zero-order valence-electron chi connectivity index (χ0n) is 19.4. The molecule has 172 valence electrons. The monoisotopic (exact) mass is 431 g/mol. The van der Waals surface area contributed by atoms with Crippen LogP contribution < -0.4 is 14.8 Å². The lowest BCUT2D eigenvalue weighted by Gasteiger charge is -2.39. The summed E-state index contributed by atoms with van der Waals surface area (Å²) in [6.07, 6.45) is 2.27. The number of guanidine groups is 1. The Bertz CT molecular complexity index is 756. The SMILES string of the molecule is CCNC(=NCc1ccc(OC)cc1OC)N1CCN(C(C)C(=O)N2CCCC2)CC1. The Labute approximate surface area is 186 Å². The van der Waals surface area contributed by atoms with Crippen LogP contribution in [0.3, 0.4) is 0 Å². The largest absolute Gasteiger partial charge is 0.497 e. The number of ether oxygens (including phenoxy) is 2. The van der Waals surface area contributed by atoms with Gasteiger partial charge in [-0.1, -0.05) is 0 Å². The van der Waals surface area contributed by atoms with E-state index in [1.54, 1.807) is 14.2 Å². The van der Waals surface area contributed by atoms with E-state index in [0.717, 1.165) is 81.7 Å². The van der Waals surface area contributed by atoms with Gasteiger partial charge in [-0.3, -0.25) is 9.69 Å². The normalized spacial score (nSPS) is 18.8. The molecule has 31 heavy (non-hydrogen) atoms. The number of likely N-dealkylation sites (tertiary alicyclic amines) is 1. The average Bonchev–Trinajstić information content (AvgIpc) is 3.36. The summed E-state index contributed by atoms with van der Waals surface area (Å²) >= 11 is 0. The van der Waals surface area contributed by atoms with Crippen LogP contribution >= 0.6 is 0 Å². The second kappa shape index (κ2) is 11.2. The molecule has 1 aromatic rings. The minimum atomic E-state index is -0.0525. The average molecular weight is 432 g/mol. The van der Waals surface area contributed by atoms with Crippen LogP contribution in [0.25, 0.3) is 0 Å². The Kier molecular flexibility index (Phi) is 8.40. The van der Waals surface area contributed by atoms with Crippen molar-refractivity contribution < 1.29 is 14.3 Å². The molecule has 0 saturated carbocycles. The number of hydrogen-bond acceptors (Lipinski definition) is 5. The van der Waals surface area contributed by atoms with Gasteiger partial charge < -0.3 is 24.6 Å². The van der Waals surface area contributed by atoms with Crippen LogP contribution in [0.4, 0.5) is 0 Å². The van der Waals surface area contributed by atoms with Gasteiger partial charge in [0.25, 0.3) is 0 Å². The van der Waals surface area contributed by atoms with Gasteiger partial charge in [-0.2, -0.15) is 0 Å². The summed E-state index contributed by atoms with van der Waals surface area (Å²) in [4.78, 5) is 24.2. The van der Waals surface area contributed by atoms with Crippen molar-refractivity contribution >= 4 is 11.9 Å². The first-order valence-electron chi connectivity index (χ1n) is 11.3. The molecule has 1 N–H and O–H groups in total. The van der Waals surface area contributed by atoms with Crippen molar-refractivity contribution in [3.63, 3.8) is 0 Å². The van der Waals surface area contributed by atoms with Crippen molar-refractivity contribution in [2.75, 3.05) is 60.0 Å². The Balaban J connectivity index is 1.60. The molecule has 0 aliphatic carbocycles. The summed E-state index contributed by atoms with van der Waals surface area (Å²) in [5.41, 5.74) is 1.02. The number of amides is 1. The molecule has 0 aromatic heterocycles. The number of methoxy groups -OCH3 is 2. The van der Waals surface area contributed by atoms with E-state index in [9.17, 15) is 4.79 Å². The van der Waals surface area contributed by atoms with Gasteiger partial charge in [0, 0.05) is 57.4 Å². The number of carbonyl (C=O) groups excluding carboxylic acids is 1. The lowest BCUT2D eigenvalue weighted by Crippen LogP contribution is -2.57. The highest BCUT2D eigenvalue weighted by Crippen LogP contribution is 2.25. The molecule has 2 fully saturated rings. The van der Waals surface area contributed by atoms with Crippen molar-refractivity contribution in [1.82, 2.24) is 20.0 Å². The first-order valence-corrected chi connectivity index (χ1v) is 11.3. The molecular weight excluding hydrogens is 394 g/mol. The highest BCUT2D eigenvalue weighted by Gasteiger charge is 2.30. The summed E-state index contributed by atoms with van der Waals surface area (Å²) < 4.78 is 10.8. The van der Waals surface area contributed by atoms with Gasteiger partial charge in [-0.25, -0.2) is 4.99 Å². The molecule has 2 heterocycles. The molecule has 2 saturated heterocycles. The number of nitrogens with zero attached hydrogens (tertiary/aromatic N) is 4. The zero-order valence-corrected chi connectivity index (χ0v) is 19.4. The van der Waals surface area contributed by atoms with E-state index in [2.05, 4.69) is 22.0 Å². The smallest absolute Gasteiger partial charge is 0.239 e. The van der Waals surface area contributed by atoms with Gasteiger partial charge in [-0.05, 0) is 38.8 Å². The van der Waals surface area contributed by atoms with E-state index in [4.69, 9.17) is 14.5 Å². The van der Waals surface area contributed by atoms with Gasteiger partial charge in [0.1, 0.15) is 11.5 Å². The van der Waals surface area contributed by atoms with Crippen LogP contribution in [0, 0.1) is 0 Å². The molecule has 0 radical (unpaired) electrons. The van der Waals surface area contributed by atoms with E-state index in [0.29, 0.717) is 6.54 Å². The van der Waals surface area contributed by atoms with Gasteiger partial charge in [0.05, 0.1) is 26.8 Å². The van der Waals surface area contributed by atoms with E-state index < -0.39 is 0 Å². The number of hydrogen-bond donors (Lipinski definition) is 1. The van der Waals surface area contributed by atoms with Crippen molar-refractivity contribution in [3.8, 4) is 11.5 Å². The van der Waals surface area contributed by atoms with E-state index in [1.807, 2.05) is 30.0 Å². The van der Waals surface area contributed by atoms with Crippen molar-refractivity contribution in [2.45, 2.75) is 39.3 Å². The molecule has 3 rings (SSSR count). The van der Waals surface area contributed by atoms with Crippen LogP contribution in [0.2, 0.25) is 0 Å². The highest BCUT2D eigenvalue weighted by molar-refractivity contribution is 5.82. The Morgan fingerprint density at radius 3 is 2.39 bits per heavy atom. The molecular formula is C23H37N5O3. The number of rotatable bonds is 7. The Hall–Kier alpha value is -2.48. The maximum absolute atomic E-state index is 12.7. The number of piperazine rings is 1. The van der Waals surface area contributed by atoms with Crippen molar-refractivity contribution in [1.29, 1.82) is 0 Å². The van der Waals surface area contributed by atoms with Crippen LogP contribution in [0.5, 0.6) is 11.5 Å². The lowest BCUT2D eigenvalue weighted by atomic mass is 10.2. The fraction of sp³-hybridized carbons (Fsp3) is 0.652. The molecule has 2 aliphatic heterocycles. The van der Waals surface area contributed by atoms with Crippen LogP contribution in [-0.2, 0) is 11.3 Å². The first kappa shape index (κ1) is 23.2. The maximum atomic E-state index is 12.7. The molecule has 8 heteroatoms. The summed E-state index contributed by atoms with van der Waals surface area (Å²) in [7, 11) is 3.31. The fourth-order valence-electron chi connectivity index (χ4n) is 4.25. The highest BCUT2D eigenvalue weighted by atomic mass is 16.5. The van der Waals surface area contributed by atoms with Gasteiger partial charge in [0.15, 0.2) is 5.96 Å². The molecule has 1 unspecified atom stereocenters. The quantitative estimate of drug-likeness (QED) is 0.524. The zero-order chi connectivity index (χ0) is 22.2. The number of benzene rings is 1. The van der Waals surface area contributed by atoms with E-state index in [-0.39, 0.29) is 11.9 Å². The van der Waals surface area contributed by atoms with Crippen LogP contribution in [0.1, 0.15) is 32.3 Å². The second-order valence-corrected chi connectivity index (χ2v) is 8.08. The first-order chi connectivity index (χ1) is 15.1. The second-order valence-electron chi connectivity index (χ2n) is 8.08. The number of nitrogens with one attached hydrogen (secondary N) is 1. The minimum Gasteiger partial charge on any atom is -0.497 e. The molecule has 1 atom stereocenters. The predicted octanol–water partition coefficient (Wildman–Crippen LogP) is 1.80. The summed E-state index contributed by atoms with van der Waals surface area (Å²) in [6, 6.07) is 5.75. The molecule has 2 aliphatic rings. The minimum absolute atomic E-state index is 0.0525. The van der Waals surface area contributed by atoms with Gasteiger partial charge >= 0.3 is 0 Å². The van der Waals surface area contributed by atoms with Crippen LogP contribution in [0.15, 0.2) is 23.2 Å². The molecule has 1 aromatic carbocycles.